The molecule has 3 rings (SSSR count). The Labute approximate surface area is 113 Å². The van der Waals surface area contributed by atoms with E-state index < -0.39 is 11.5 Å². The van der Waals surface area contributed by atoms with Gasteiger partial charge in [0.1, 0.15) is 11.1 Å². The molecule has 3 aromatic rings. The third-order valence-electron chi connectivity index (χ3n) is 2.93. The van der Waals surface area contributed by atoms with Crippen LogP contribution in [0.3, 0.4) is 0 Å². The quantitative estimate of drug-likeness (QED) is 0.719. The summed E-state index contributed by atoms with van der Waals surface area (Å²) in [4.78, 5) is 27.9. The number of carbonyl (C=O) groups is 1. The number of para-hydroxylation sites is 1. The molecule has 6 heteroatoms. The van der Waals surface area contributed by atoms with Crippen molar-refractivity contribution in [1.29, 1.82) is 0 Å². The first kappa shape index (κ1) is 12.2. The standard InChI is InChI=1S/C14H11N3O3/c1-17-7-6-15-14(17)16-12(18)10-8-9-4-2-3-5-11(9)20-13(10)19/h2-8H,1H3,(H,15,16,18). The van der Waals surface area contributed by atoms with Crippen LogP contribution in [0.2, 0.25) is 0 Å². The summed E-state index contributed by atoms with van der Waals surface area (Å²) >= 11 is 0. The zero-order valence-corrected chi connectivity index (χ0v) is 10.7. The molecule has 0 radical (unpaired) electrons. The largest absolute Gasteiger partial charge is 0.422 e. The smallest absolute Gasteiger partial charge is 0.349 e. The van der Waals surface area contributed by atoms with Gasteiger partial charge < -0.3 is 8.98 Å². The minimum absolute atomic E-state index is 0.0494. The second kappa shape index (κ2) is 4.65. The number of nitrogens with zero attached hydrogens (tertiary/aromatic N) is 2. The first-order valence-electron chi connectivity index (χ1n) is 5.97. The lowest BCUT2D eigenvalue weighted by Crippen LogP contribution is -2.22. The normalized spacial score (nSPS) is 10.7. The van der Waals surface area contributed by atoms with Gasteiger partial charge in [-0.25, -0.2) is 9.78 Å². The predicted molar refractivity (Wildman–Crippen MR) is 73.6 cm³/mol. The van der Waals surface area contributed by atoms with Gasteiger partial charge in [0.05, 0.1) is 0 Å². The van der Waals surface area contributed by atoms with E-state index in [0.717, 1.165) is 0 Å². The molecule has 0 aliphatic heterocycles. The van der Waals surface area contributed by atoms with Crippen LogP contribution in [0.15, 0.2) is 51.9 Å². The number of hydrogen-bond acceptors (Lipinski definition) is 4. The van der Waals surface area contributed by atoms with E-state index in [-0.39, 0.29) is 5.56 Å². The minimum atomic E-state index is -0.671. The Balaban J connectivity index is 2.01. The number of rotatable bonds is 2. The first-order chi connectivity index (χ1) is 9.65. The summed E-state index contributed by atoms with van der Waals surface area (Å²) in [5.41, 5.74) is -0.270. The lowest BCUT2D eigenvalue weighted by atomic mass is 10.2. The molecule has 20 heavy (non-hydrogen) atoms. The maximum Gasteiger partial charge on any atom is 0.349 e. The molecule has 0 bridgehead atoms. The average molecular weight is 269 g/mol. The molecule has 0 aliphatic carbocycles. The Morgan fingerprint density at radius 1 is 1.35 bits per heavy atom. The number of amides is 1. The number of nitrogens with one attached hydrogen (secondary N) is 1. The van der Waals surface area contributed by atoms with Crippen molar-refractivity contribution in [3.05, 3.63) is 58.7 Å². The molecular formula is C14H11N3O3. The van der Waals surface area contributed by atoms with Crippen LogP contribution in [0.4, 0.5) is 5.95 Å². The zero-order chi connectivity index (χ0) is 14.1. The Kier molecular flexibility index (Phi) is 2.83. The minimum Gasteiger partial charge on any atom is -0.422 e. The van der Waals surface area contributed by atoms with E-state index in [1.54, 1.807) is 42.2 Å². The van der Waals surface area contributed by atoms with Gasteiger partial charge in [-0.1, -0.05) is 18.2 Å². The second-order valence-electron chi connectivity index (χ2n) is 4.30. The predicted octanol–water partition coefficient (Wildman–Crippen LogP) is 1.78. The highest BCUT2D eigenvalue weighted by molar-refractivity contribution is 6.04. The van der Waals surface area contributed by atoms with E-state index in [1.807, 2.05) is 6.07 Å². The molecule has 1 amide bonds. The molecule has 1 N–H and O–H groups in total. The topological polar surface area (TPSA) is 77.1 Å². The van der Waals surface area contributed by atoms with Crippen LogP contribution in [-0.4, -0.2) is 15.5 Å². The van der Waals surface area contributed by atoms with Crippen LogP contribution in [0.5, 0.6) is 0 Å². The third-order valence-corrected chi connectivity index (χ3v) is 2.93. The molecule has 0 unspecified atom stereocenters. The van der Waals surface area contributed by atoms with Gasteiger partial charge in [0.2, 0.25) is 5.95 Å². The summed E-state index contributed by atoms with van der Waals surface area (Å²) in [5, 5.41) is 3.26. The third kappa shape index (κ3) is 2.07. The van der Waals surface area contributed by atoms with Gasteiger partial charge in [-0.3, -0.25) is 10.1 Å². The van der Waals surface area contributed by atoms with E-state index in [2.05, 4.69) is 10.3 Å². The SMILES string of the molecule is Cn1ccnc1NC(=O)c1cc2ccccc2oc1=O. The first-order valence-corrected chi connectivity index (χ1v) is 5.97. The van der Waals surface area contributed by atoms with Crippen LogP contribution in [0.1, 0.15) is 10.4 Å². The maximum atomic E-state index is 12.1. The summed E-state index contributed by atoms with van der Waals surface area (Å²) < 4.78 is 6.76. The molecule has 0 spiro atoms. The lowest BCUT2D eigenvalue weighted by Gasteiger charge is -2.04. The second-order valence-corrected chi connectivity index (χ2v) is 4.30. The Morgan fingerprint density at radius 3 is 2.90 bits per heavy atom. The fourth-order valence-corrected chi connectivity index (χ4v) is 1.88. The van der Waals surface area contributed by atoms with Crippen molar-refractivity contribution in [2.75, 3.05) is 5.32 Å². The molecule has 100 valence electrons. The fraction of sp³-hybridized carbons (Fsp3) is 0.0714. The van der Waals surface area contributed by atoms with Gasteiger partial charge in [-0.15, -0.1) is 0 Å². The van der Waals surface area contributed by atoms with Crippen molar-refractivity contribution in [1.82, 2.24) is 9.55 Å². The van der Waals surface area contributed by atoms with E-state index in [9.17, 15) is 9.59 Å². The van der Waals surface area contributed by atoms with Crippen molar-refractivity contribution in [3.63, 3.8) is 0 Å². The Hall–Kier alpha value is -2.89. The lowest BCUT2D eigenvalue weighted by molar-refractivity contribution is 0.102. The van der Waals surface area contributed by atoms with Crippen LogP contribution in [0.25, 0.3) is 11.0 Å². The van der Waals surface area contributed by atoms with Gasteiger partial charge in [0, 0.05) is 24.8 Å². The van der Waals surface area contributed by atoms with Gasteiger partial charge in [0.25, 0.3) is 5.91 Å². The molecule has 0 atom stereocenters. The highest BCUT2D eigenvalue weighted by atomic mass is 16.4. The van der Waals surface area contributed by atoms with E-state index in [4.69, 9.17) is 4.42 Å². The highest BCUT2D eigenvalue weighted by Crippen LogP contribution is 2.13. The molecule has 1 aromatic carbocycles. The number of aryl methyl sites for hydroxylation is 1. The monoisotopic (exact) mass is 269 g/mol. The number of aromatic nitrogens is 2. The highest BCUT2D eigenvalue weighted by Gasteiger charge is 2.15. The number of benzene rings is 1. The van der Waals surface area contributed by atoms with Crippen LogP contribution in [0, 0.1) is 0 Å². The maximum absolute atomic E-state index is 12.1. The average Bonchev–Trinajstić information content (AvgIpc) is 2.83. The van der Waals surface area contributed by atoms with Crippen molar-refractivity contribution in [2.24, 2.45) is 7.05 Å². The molecule has 0 fully saturated rings. The number of fused-ring (bicyclic) bond motifs is 1. The van der Waals surface area contributed by atoms with Gasteiger partial charge in [-0.2, -0.15) is 0 Å². The molecule has 0 aliphatic rings. The van der Waals surface area contributed by atoms with Crippen LogP contribution in [-0.2, 0) is 7.05 Å². The van der Waals surface area contributed by atoms with Gasteiger partial charge in [0.15, 0.2) is 0 Å². The van der Waals surface area contributed by atoms with Crippen molar-refractivity contribution < 1.29 is 9.21 Å². The van der Waals surface area contributed by atoms with Gasteiger partial charge in [-0.05, 0) is 12.1 Å². The van der Waals surface area contributed by atoms with Crippen LogP contribution >= 0.6 is 0 Å². The number of carbonyl (C=O) groups excluding carboxylic acids is 1. The summed E-state index contributed by atoms with van der Waals surface area (Å²) in [6, 6.07) is 8.54. The number of anilines is 1. The summed E-state index contributed by atoms with van der Waals surface area (Å²) in [6.45, 7) is 0. The fourth-order valence-electron chi connectivity index (χ4n) is 1.88. The molecule has 6 nitrogen and oxygen atoms in total. The Bertz CT molecular complexity index is 848. The van der Waals surface area contributed by atoms with Gasteiger partial charge >= 0.3 is 5.63 Å². The Morgan fingerprint density at radius 2 is 2.15 bits per heavy atom. The number of imidazole rings is 1. The molecule has 2 heterocycles. The van der Waals surface area contributed by atoms with E-state index in [1.165, 1.54) is 6.07 Å². The summed E-state index contributed by atoms with van der Waals surface area (Å²) in [5.74, 6) is -0.179. The molecule has 0 saturated heterocycles. The van der Waals surface area contributed by atoms with E-state index in [0.29, 0.717) is 16.9 Å². The molecule has 0 saturated carbocycles. The van der Waals surface area contributed by atoms with Crippen LogP contribution < -0.4 is 10.9 Å². The summed E-state index contributed by atoms with van der Waals surface area (Å²) in [6.07, 6.45) is 3.25. The zero-order valence-electron chi connectivity index (χ0n) is 10.7. The van der Waals surface area contributed by atoms with Crippen molar-refractivity contribution >= 4 is 22.8 Å². The van der Waals surface area contributed by atoms with Crippen molar-refractivity contribution in [2.45, 2.75) is 0 Å². The molecular weight excluding hydrogens is 258 g/mol. The van der Waals surface area contributed by atoms with E-state index >= 15 is 0 Å². The molecule has 2 aromatic heterocycles. The van der Waals surface area contributed by atoms with Crippen molar-refractivity contribution in [3.8, 4) is 0 Å². The number of hydrogen-bond donors (Lipinski definition) is 1. The summed E-state index contributed by atoms with van der Waals surface area (Å²) in [7, 11) is 1.74.